The minimum atomic E-state index is -0.348. The molecule has 4 rings (SSSR count). The van der Waals surface area contributed by atoms with Gasteiger partial charge in [-0.2, -0.15) is 0 Å². The number of thiophene rings is 1. The third-order valence-electron chi connectivity index (χ3n) is 4.79. The number of nitrogens with one attached hydrogen (secondary N) is 2. The topological polar surface area (TPSA) is 41.1 Å². The molecule has 2 N–H and O–H groups in total. The molecule has 0 aliphatic heterocycles. The van der Waals surface area contributed by atoms with Crippen molar-refractivity contribution in [3.05, 3.63) is 101 Å². The van der Waals surface area contributed by atoms with E-state index in [-0.39, 0.29) is 18.0 Å². The first-order valence-electron chi connectivity index (χ1n) is 9.35. The molecule has 0 radical (unpaired) electrons. The highest BCUT2D eigenvalue weighted by Gasteiger charge is 2.21. The number of hydrogen-bond donors (Lipinski definition) is 2. The second-order valence-corrected chi connectivity index (χ2v) is 7.78. The van der Waals surface area contributed by atoms with Crippen LogP contribution in [-0.2, 0) is 4.79 Å². The molecule has 0 aliphatic rings. The zero-order chi connectivity index (χ0) is 19.3. The lowest BCUT2D eigenvalue weighted by Crippen LogP contribution is -2.40. The summed E-state index contributed by atoms with van der Waals surface area (Å²) < 4.78 is 0. The lowest BCUT2D eigenvalue weighted by atomic mass is 10.0. The van der Waals surface area contributed by atoms with Gasteiger partial charge in [0, 0.05) is 10.6 Å². The van der Waals surface area contributed by atoms with Crippen molar-refractivity contribution in [1.82, 2.24) is 5.32 Å². The predicted molar refractivity (Wildman–Crippen MR) is 118 cm³/mol. The summed E-state index contributed by atoms with van der Waals surface area (Å²) in [6.45, 7) is 1.90. The van der Waals surface area contributed by atoms with Gasteiger partial charge >= 0.3 is 0 Å². The summed E-state index contributed by atoms with van der Waals surface area (Å²) in [6.07, 6.45) is 0. The van der Waals surface area contributed by atoms with Crippen LogP contribution in [0.5, 0.6) is 0 Å². The maximum absolute atomic E-state index is 12.8. The second kappa shape index (κ2) is 8.38. The first-order valence-corrected chi connectivity index (χ1v) is 10.2. The van der Waals surface area contributed by atoms with Crippen LogP contribution in [0.25, 0.3) is 10.8 Å². The van der Waals surface area contributed by atoms with Gasteiger partial charge in [-0.05, 0) is 46.8 Å². The molecular weight excluding hydrogens is 364 g/mol. The van der Waals surface area contributed by atoms with E-state index >= 15 is 0 Å². The van der Waals surface area contributed by atoms with E-state index < -0.39 is 0 Å². The van der Waals surface area contributed by atoms with Gasteiger partial charge in [0.15, 0.2) is 0 Å². The van der Waals surface area contributed by atoms with Gasteiger partial charge in [-0.15, -0.1) is 11.3 Å². The summed E-state index contributed by atoms with van der Waals surface area (Å²) in [5.41, 5.74) is 1.96. The smallest absolute Gasteiger partial charge is 0.241 e. The number of benzene rings is 3. The van der Waals surface area contributed by atoms with Crippen LogP contribution < -0.4 is 10.6 Å². The Morgan fingerprint density at radius 2 is 1.61 bits per heavy atom. The van der Waals surface area contributed by atoms with Crippen LogP contribution in [0.15, 0.2) is 90.3 Å². The molecule has 0 fully saturated rings. The fraction of sp³-hybridized carbons (Fsp3) is 0.125. The van der Waals surface area contributed by atoms with Crippen LogP contribution in [0.3, 0.4) is 0 Å². The number of anilines is 1. The number of amides is 1. The van der Waals surface area contributed by atoms with Crippen molar-refractivity contribution in [3.63, 3.8) is 0 Å². The molecule has 28 heavy (non-hydrogen) atoms. The molecule has 0 spiro atoms. The van der Waals surface area contributed by atoms with Gasteiger partial charge in [-0.3, -0.25) is 10.1 Å². The van der Waals surface area contributed by atoms with Crippen molar-refractivity contribution < 1.29 is 4.79 Å². The largest absolute Gasteiger partial charge is 0.325 e. The summed E-state index contributed by atoms with van der Waals surface area (Å²) in [6, 6.07) is 28.1. The van der Waals surface area contributed by atoms with E-state index in [0.717, 1.165) is 22.0 Å². The zero-order valence-corrected chi connectivity index (χ0v) is 16.4. The molecule has 4 heteroatoms. The Labute approximate surface area is 169 Å². The minimum absolute atomic E-state index is 0.0152. The molecule has 0 unspecified atom stereocenters. The quantitative estimate of drug-likeness (QED) is 0.452. The fourth-order valence-electron chi connectivity index (χ4n) is 3.29. The Kier molecular flexibility index (Phi) is 5.51. The number of carbonyl (C=O) groups is 1. The molecule has 0 saturated carbocycles. The third-order valence-corrected chi connectivity index (χ3v) is 5.72. The summed E-state index contributed by atoms with van der Waals surface area (Å²) >= 11 is 1.69. The zero-order valence-electron chi connectivity index (χ0n) is 15.6. The van der Waals surface area contributed by atoms with Crippen LogP contribution in [0.1, 0.15) is 23.4 Å². The summed E-state index contributed by atoms with van der Waals surface area (Å²) in [7, 11) is 0. The summed E-state index contributed by atoms with van der Waals surface area (Å²) in [5.74, 6) is -0.0484. The number of hydrogen-bond acceptors (Lipinski definition) is 3. The van der Waals surface area contributed by atoms with Gasteiger partial charge in [0.2, 0.25) is 5.91 Å². The fourth-order valence-corrected chi connectivity index (χ4v) is 4.10. The highest BCUT2D eigenvalue weighted by Crippen LogP contribution is 2.26. The van der Waals surface area contributed by atoms with Gasteiger partial charge in [0.1, 0.15) is 0 Å². The maximum Gasteiger partial charge on any atom is 0.241 e. The lowest BCUT2D eigenvalue weighted by molar-refractivity contribution is -0.117. The van der Waals surface area contributed by atoms with E-state index in [2.05, 4.69) is 46.3 Å². The average molecular weight is 387 g/mol. The van der Waals surface area contributed by atoms with Gasteiger partial charge < -0.3 is 5.32 Å². The lowest BCUT2D eigenvalue weighted by Gasteiger charge is -2.22. The van der Waals surface area contributed by atoms with Crippen LogP contribution in [0, 0.1) is 0 Å². The van der Waals surface area contributed by atoms with E-state index in [1.807, 2.05) is 61.5 Å². The van der Waals surface area contributed by atoms with Crippen molar-refractivity contribution >= 4 is 33.7 Å². The van der Waals surface area contributed by atoms with E-state index in [1.165, 1.54) is 4.88 Å². The predicted octanol–water partition coefficient (Wildman–Crippen LogP) is 5.61. The maximum atomic E-state index is 12.8. The van der Waals surface area contributed by atoms with E-state index in [9.17, 15) is 4.79 Å². The van der Waals surface area contributed by atoms with E-state index in [1.54, 1.807) is 11.3 Å². The monoisotopic (exact) mass is 386 g/mol. The molecule has 0 bridgehead atoms. The average Bonchev–Trinajstić information content (AvgIpc) is 3.27. The molecular formula is C24H22N2OS. The molecule has 3 aromatic carbocycles. The van der Waals surface area contributed by atoms with E-state index in [4.69, 9.17) is 0 Å². The molecule has 1 aromatic heterocycles. The number of rotatable bonds is 6. The van der Waals surface area contributed by atoms with Gasteiger partial charge in [0.05, 0.1) is 12.1 Å². The molecule has 1 amide bonds. The van der Waals surface area contributed by atoms with Crippen molar-refractivity contribution in [2.75, 3.05) is 5.32 Å². The van der Waals surface area contributed by atoms with Crippen molar-refractivity contribution in [3.8, 4) is 0 Å². The second-order valence-electron chi connectivity index (χ2n) is 6.80. The van der Waals surface area contributed by atoms with Crippen molar-refractivity contribution in [2.45, 2.75) is 19.0 Å². The van der Waals surface area contributed by atoms with Crippen molar-refractivity contribution in [1.29, 1.82) is 0 Å². The number of fused-ring (bicyclic) bond motifs is 1. The first kappa shape index (κ1) is 18.4. The number of carbonyl (C=O) groups excluding carboxylic acids is 1. The normalized spacial score (nSPS) is 13.2. The Morgan fingerprint density at radius 3 is 2.36 bits per heavy atom. The van der Waals surface area contributed by atoms with Crippen LogP contribution in [0.4, 0.5) is 5.69 Å². The molecule has 4 aromatic rings. The van der Waals surface area contributed by atoms with Gasteiger partial charge in [-0.1, -0.05) is 66.7 Å². The van der Waals surface area contributed by atoms with Crippen molar-refractivity contribution in [2.24, 2.45) is 0 Å². The van der Waals surface area contributed by atoms with Gasteiger partial charge in [-0.25, -0.2) is 0 Å². The summed E-state index contributed by atoms with van der Waals surface area (Å²) in [4.78, 5) is 14.0. The Hall–Kier alpha value is -2.95. The standard InChI is InChI=1S/C24H22N2OS/c1-17(24(27)26-21-14-13-18-8-5-6-11-20(18)16-21)25-23(22-12-7-15-28-22)19-9-3-2-4-10-19/h2-17,23,25H,1H3,(H,26,27)/t17-,23-/m0/s1. The first-order chi connectivity index (χ1) is 13.7. The minimum Gasteiger partial charge on any atom is -0.325 e. The molecule has 1 heterocycles. The van der Waals surface area contributed by atoms with Crippen LogP contribution in [-0.4, -0.2) is 11.9 Å². The molecule has 2 atom stereocenters. The van der Waals surface area contributed by atoms with Crippen LogP contribution >= 0.6 is 11.3 Å². The Morgan fingerprint density at radius 1 is 0.857 bits per heavy atom. The Bertz CT molecular complexity index is 1060. The summed E-state index contributed by atoms with van der Waals surface area (Å²) in [5, 5.41) is 10.9. The van der Waals surface area contributed by atoms with Crippen LogP contribution in [0.2, 0.25) is 0 Å². The highest BCUT2D eigenvalue weighted by atomic mass is 32.1. The Balaban J connectivity index is 1.50. The molecule has 0 saturated heterocycles. The van der Waals surface area contributed by atoms with Gasteiger partial charge in [0.25, 0.3) is 0 Å². The molecule has 140 valence electrons. The highest BCUT2D eigenvalue weighted by molar-refractivity contribution is 7.10. The SMILES string of the molecule is C[C@H](N[C@@H](c1ccccc1)c1cccs1)C(=O)Nc1ccc2ccccc2c1. The van der Waals surface area contributed by atoms with E-state index in [0.29, 0.717) is 0 Å². The third kappa shape index (κ3) is 4.14. The molecule has 3 nitrogen and oxygen atoms in total. The molecule has 0 aliphatic carbocycles.